The van der Waals surface area contributed by atoms with Crippen LogP contribution in [0, 0.1) is 19.8 Å². The molecule has 1 aliphatic rings. The van der Waals surface area contributed by atoms with Crippen LogP contribution < -0.4 is 15.1 Å². The predicted molar refractivity (Wildman–Crippen MR) is 120 cm³/mol. The van der Waals surface area contributed by atoms with Crippen molar-refractivity contribution in [1.82, 2.24) is 0 Å². The lowest BCUT2D eigenvalue weighted by molar-refractivity contribution is -0.120. The number of rotatable bonds is 5. The van der Waals surface area contributed by atoms with E-state index in [-0.39, 0.29) is 18.4 Å². The molecule has 0 atom stereocenters. The van der Waals surface area contributed by atoms with Gasteiger partial charge in [0.15, 0.2) is 0 Å². The first kappa shape index (κ1) is 20.9. The van der Waals surface area contributed by atoms with Crippen LogP contribution in [0.2, 0.25) is 0 Å². The van der Waals surface area contributed by atoms with E-state index in [0.29, 0.717) is 0 Å². The fourth-order valence-corrected chi connectivity index (χ4v) is 3.89. The lowest BCUT2D eigenvalue weighted by atomic mass is 9.99. The van der Waals surface area contributed by atoms with Gasteiger partial charge in [-0.1, -0.05) is 13.0 Å². The van der Waals surface area contributed by atoms with E-state index in [4.69, 9.17) is 0 Å². The van der Waals surface area contributed by atoms with E-state index >= 15 is 0 Å². The zero-order valence-electron chi connectivity index (χ0n) is 17.9. The molecule has 0 radical (unpaired) electrons. The van der Waals surface area contributed by atoms with Gasteiger partial charge in [-0.25, -0.2) is 0 Å². The largest absolute Gasteiger partial charge is 0.372 e. The smallest absolute Gasteiger partial charge is 0.244 e. The summed E-state index contributed by atoms with van der Waals surface area (Å²) < 4.78 is 0. The molecule has 0 spiro atoms. The van der Waals surface area contributed by atoms with Crippen LogP contribution >= 0.6 is 0 Å². The lowest BCUT2D eigenvalue weighted by Gasteiger charge is -2.32. The van der Waals surface area contributed by atoms with E-state index < -0.39 is 0 Å². The lowest BCUT2D eigenvalue weighted by Crippen LogP contribution is -2.37. The summed E-state index contributed by atoms with van der Waals surface area (Å²) in [5.41, 5.74) is 4.84. The van der Waals surface area contributed by atoms with Gasteiger partial charge in [-0.3, -0.25) is 9.59 Å². The number of nitrogens with zero attached hydrogens (tertiary/aromatic N) is 2. The van der Waals surface area contributed by atoms with Gasteiger partial charge in [0, 0.05) is 37.1 Å². The topological polar surface area (TPSA) is 52.7 Å². The Labute approximate surface area is 173 Å². The standard InChI is InChI=1S/C24H31N3O2/c1-17-9-11-26(12-10-17)22-5-7-23(8-6-22)27(20(4)28)16-24(29)25-21-14-18(2)13-19(3)15-21/h5-8,13-15,17H,9-12,16H2,1-4H3,(H,25,29). The number of piperidine rings is 1. The van der Waals surface area contributed by atoms with Crippen molar-refractivity contribution in [3.8, 4) is 0 Å². The quantitative estimate of drug-likeness (QED) is 0.812. The maximum atomic E-state index is 12.6. The van der Waals surface area contributed by atoms with Gasteiger partial charge in [0.2, 0.25) is 11.8 Å². The van der Waals surface area contributed by atoms with Crippen molar-refractivity contribution >= 4 is 28.9 Å². The molecule has 154 valence electrons. The highest BCUT2D eigenvalue weighted by Gasteiger charge is 2.19. The van der Waals surface area contributed by atoms with Crippen LogP contribution in [-0.4, -0.2) is 31.4 Å². The van der Waals surface area contributed by atoms with Crippen LogP contribution in [-0.2, 0) is 9.59 Å². The summed E-state index contributed by atoms with van der Waals surface area (Å²) >= 11 is 0. The Morgan fingerprint density at radius 1 is 1.03 bits per heavy atom. The van der Waals surface area contributed by atoms with Crippen LogP contribution in [0.3, 0.4) is 0 Å². The third kappa shape index (κ3) is 5.59. The third-order valence-corrected chi connectivity index (χ3v) is 5.50. The predicted octanol–water partition coefficient (Wildman–Crippen LogP) is 4.53. The highest BCUT2D eigenvalue weighted by molar-refractivity contribution is 6.01. The van der Waals surface area contributed by atoms with E-state index in [1.807, 2.05) is 50.2 Å². The first-order valence-electron chi connectivity index (χ1n) is 10.3. The van der Waals surface area contributed by atoms with E-state index in [1.54, 1.807) is 0 Å². The molecule has 0 aromatic heterocycles. The summed E-state index contributed by atoms with van der Waals surface area (Å²) in [4.78, 5) is 28.7. The van der Waals surface area contributed by atoms with Crippen LogP contribution in [0.4, 0.5) is 17.1 Å². The Balaban J connectivity index is 1.67. The second-order valence-corrected chi connectivity index (χ2v) is 8.22. The molecule has 3 rings (SSSR count). The Morgan fingerprint density at radius 3 is 2.17 bits per heavy atom. The Morgan fingerprint density at radius 2 is 1.62 bits per heavy atom. The van der Waals surface area contributed by atoms with Gasteiger partial charge < -0.3 is 15.1 Å². The maximum absolute atomic E-state index is 12.6. The Bertz CT molecular complexity index is 848. The zero-order valence-corrected chi connectivity index (χ0v) is 17.9. The second kappa shape index (κ2) is 9.12. The van der Waals surface area contributed by atoms with Gasteiger partial charge in [-0.2, -0.15) is 0 Å². The fraction of sp³-hybridized carbons (Fsp3) is 0.417. The molecule has 0 saturated carbocycles. The van der Waals surface area contributed by atoms with Crippen molar-refractivity contribution in [2.75, 3.05) is 34.8 Å². The molecule has 1 saturated heterocycles. The summed E-state index contributed by atoms with van der Waals surface area (Å²) in [6, 6.07) is 13.9. The number of hydrogen-bond acceptors (Lipinski definition) is 3. The minimum absolute atomic E-state index is 0.0110. The van der Waals surface area contributed by atoms with Crippen molar-refractivity contribution in [1.29, 1.82) is 0 Å². The number of aryl methyl sites for hydroxylation is 2. The molecule has 0 unspecified atom stereocenters. The van der Waals surface area contributed by atoms with Gasteiger partial charge >= 0.3 is 0 Å². The van der Waals surface area contributed by atoms with E-state index in [2.05, 4.69) is 23.2 Å². The zero-order chi connectivity index (χ0) is 21.0. The van der Waals surface area contributed by atoms with Gasteiger partial charge in [0.25, 0.3) is 0 Å². The molecular formula is C24H31N3O2. The molecule has 2 aromatic rings. The van der Waals surface area contributed by atoms with E-state index in [1.165, 1.54) is 30.4 Å². The van der Waals surface area contributed by atoms with Gasteiger partial charge in [-0.05, 0) is 80.1 Å². The number of nitrogens with one attached hydrogen (secondary N) is 1. The van der Waals surface area contributed by atoms with Crippen molar-refractivity contribution in [2.24, 2.45) is 5.92 Å². The maximum Gasteiger partial charge on any atom is 0.244 e. The SMILES string of the molecule is CC(=O)N(CC(=O)Nc1cc(C)cc(C)c1)c1ccc(N2CCC(C)CC2)cc1. The number of hydrogen-bond donors (Lipinski definition) is 1. The first-order valence-corrected chi connectivity index (χ1v) is 10.3. The normalized spacial score (nSPS) is 14.6. The van der Waals surface area contributed by atoms with Crippen LogP contribution in [0.25, 0.3) is 0 Å². The van der Waals surface area contributed by atoms with Gasteiger partial charge in [-0.15, -0.1) is 0 Å². The molecule has 0 bridgehead atoms. The minimum atomic E-state index is -0.209. The summed E-state index contributed by atoms with van der Waals surface area (Å²) in [5.74, 6) is 0.425. The molecule has 5 heteroatoms. The molecule has 1 fully saturated rings. The molecule has 29 heavy (non-hydrogen) atoms. The summed E-state index contributed by atoms with van der Waals surface area (Å²) in [6.07, 6.45) is 2.42. The number of carbonyl (C=O) groups excluding carboxylic acids is 2. The molecule has 2 amide bonds. The van der Waals surface area contributed by atoms with Crippen LogP contribution in [0.5, 0.6) is 0 Å². The van der Waals surface area contributed by atoms with Crippen molar-refractivity contribution in [3.63, 3.8) is 0 Å². The monoisotopic (exact) mass is 393 g/mol. The first-order chi connectivity index (χ1) is 13.8. The minimum Gasteiger partial charge on any atom is -0.372 e. The molecule has 1 heterocycles. The van der Waals surface area contributed by atoms with E-state index in [0.717, 1.165) is 41.5 Å². The summed E-state index contributed by atoms with van der Waals surface area (Å²) in [7, 11) is 0. The molecule has 5 nitrogen and oxygen atoms in total. The van der Waals surface area contributed by atoms with Gasteiger partial charge in [0.05, 0.1) is 0 Å². The third-order valence-electron chi connectivity index (χ3n) is 5.50. The average molecular weight is 394 g/mol. The van der Waals surface area contributed by atoms with Crippen LogP contribution in [0.1, 0.15) is 37.8 Å². The van der Waals surface area contributed by atoms with Crippen LogP contribution in [0.15, 0.2) is 42.5 Å². The van der Waals surface area contributed by atoms with Gasteiger partial charge in [0.1, 0.15) is 6.54 Å². The number of anilines is 3. The number of amides is 2. The molecular weight excluding hydrogens is 362 g/mol. The average Bonchev–Trinajstić information content (AvgIpc) is 2.66. The van der Waals surface area contributed by atoms with Crippen molar-refractivity contribution < 1.29 is 9.59 Å². The Kier molecular flexibility index (Phi) is 6.57. The highest BCUT2D eigenvalue weighted by atomic mass is 16.2. The number of carbonyl (C=O) groups is 2. The molecule has 2 aromatic carbocycles. The Hall–Kier alpha value is -2.82. The highest BCUT2D eigenvalue weighted by Crippen LogP contribution is 2.25. The molecule has 1 N–H and O–H groups in total. The number of benzene rings is 2. The van der Waals surface area contributed by atoms with E-state index in [9.17, 15) is 9.59 Å². The van der Waals surface area contributed by atoms with Crippen molar-refractivity contribution in [2.45, 2.75) is 40.5 Å². The molecule has 0 aliphatic carbocycles. The fourth-order valence-electron chi connectivity index (χ4n) is 3.89. The summed E-state index contributed by atoms with van der Waals surface area (Å²) in [5, 5.41) is 2.90. The van der Waals surface area contributed by atoms with Crippen molar-refractivity contribution in [3.05, 3.63) is 53.6 Å². The molecule has 1 aliphatic heterocycles. The summed E-state index contributed by atoms with van der Waals surface area (Å²) in [6.45, 7) is 9.90. The second-order valence-electron chi connectivity index (χ2n) is 8.22.